The Morgan fingerprint density at radius 2 is 2.27 bits per heavy atom. The zero-order valence-electron chi connectivity index (χ0n) is 12.2. The molecule has 1 amide bonds. The second-order valence-electron chi connectivity index (χ2n) is 4.89. The van der Waals surface area contributed by atoms with E-state index in [2.05, 4.69) is 20.9 Å². The summed E-state index contributed by atoms with van der Waals surface area (Å²) in [6.07, 6.45) is 1.84. The Morgan fingerprint density at radius 3 is 2.91 bits per heavy atom. The van der Waals surface area contributed by atoms with E-state index in [-0.39, 0.29) is 22.5 Å². The van der Waals surface area contributed by atoms with Gasteiger partial charge in [-0.2, -0.15) is 0 Å². The summed E-state index contributed by atoms with van der Waals surface area (Å²) in [6.45, 7) is 1.97. The van der Waals surface area contributed by atoms with Crippen molar-refractivity contribution in [2.24, 2.45) is 5.92 Å². The van der Waals surface area contributed by atoms with Gasteiger partial charge in [0.05, 0.1) is 24.6 Å². The first-order valence-corrected chi connectivity index (χ1v) is 8.37. The zero-order valence-corrected chi connectivity index (χ0v) is 14.6. The summed E-state index contributed by atoms with van der Waals surface area (Å²) in [5.74, 6) is 0.0705. The van der Waals surface area contributed by atoms with Crippen molar-refractivity contribution in [2.45, 2.75) is 13.3 Å². The minimum atomic E-state index is -0.521. The van der Waals surface area contributed by atoms with Crippen LogP contribution >= 0.6 is 27.7 Å². The van der Waals surface area contributed by atoms with E-state index >= 15 is 0 Å². The van der Waals surface area contributed by atoms with Crippen LogP contribution in [0.4, 0.5) is 5.69 Å². The molecule has 0 saturated carbocycles. The first-order chi connectivity index (χ1) is 10.4. The average molecular weight is 387 g/mol. The SMILES string of the molecule is COC(=O)c1cc(Br)ncc1N1CC(CSC(C)=O)CC1=O. The molecular weight excluding hydrogens is 372 g/mol. The molecule has 2 heterocycles. The lowest BCUT2D eigenvalue weighted by molar-refractivity contribution is -0.117. The molecule has 1 fully saturated rings. The Balaban J connectivity index is 2.23. The predicted octanol–water partition coefficient (Wildman–Crippen LogP) is 2.26. The minimum absolute atomic E-state index is 0.0338. The number of carbonyl (C=O) groups is 3. The molecule has 0 aliphatic carbocycles. The minimum Gasteiger partial charge on any atom is -0.465 e. The number of hydrogen-bond acceptors (Lipinski definition) is 6. The Hall–Kier alpha value is -1.41. The van der Waals surface area contributed by atoms with Crippen LogP contribution in [-0.4, -0.2) is 41.4 Å². The number of esters is 1. The number of nitrogens with zero attached hydrogens (tertiary/aromatic N) is 2. The van der Waals surface area contributed by atoms with Gasteiger partial charge in [-0.3, -0.25) is 9.59 Å². The molecule has 1 unspecified atom stereocenters. The van der Waals surface area contributed by atoms with Crippen LogP contribution < -0.4 is 4.90 Å². The normalized spacial score (nSPS) is 17.7. The van der Waals surface area contributed by atoms with Crippen LogP contribution in [0.5, 0.6) is 0 Å². The summed E-state index contributed by atoms with van der Waals surface area (Å²) in [5.41, 5.74) is 0.730. The number of rotatable bonds is 4. The van der Waals surface area contributed by atoms with E-state index < -0.39 is 5.97 Å². The summed E-state index contributed by atoms with van der Waals surface area (Å²) in [5, 5.41) is 0.0338. The zero-order chi connectivity index (χ0) is 16.3. The van der Waals surface area contributed by atoms with Gasteiger partial charge in [0.2, 0.25) is 5.91 Å². The fraction of sp³-hybridized carbons (Fsp3) is 0.429. The first-order valence-electron chi connectivity index (χ1n) is 6.60. The van der Waals surface area contributed by atoms with E-state index in [0.717, 1.165) is 0 Å². The molecule has 2 rings (SSSR count). The smallest absolute Gasteiger partial charge is 0.340 e. The molecule has 0 spiro atoms. The number of ether oxygens (including phenoxy) is 1. The molecule has 118 valence electrons. The van der Waals surface area contributed by atoms with Crippen molar-refractivity contribution in [2.75, 3.05) is 24.3 Å². The number of methoxy groups -OCH3 is 1. The number of pyridine rings is 1. The topological polar surface area (TPSA) is 76.6 Å². The molecule has 0 bridgehead atoms. The molecule has 0 N–H and O–H groups in total. The van der Waals surface area contributed by atoms with Crippen LogP contribution in [0.3, 0.4) is 0 Å². The number of carbonyl (C=O) groups excluding carboxylic acids is 3. The predicted molar refractivity (Wildman–Crippen MR) is 86.9 cm³/mol. The molecule has 22 heavy (non-hydrogen) atoms. The maximum absolute atomic E-state index is 12.2. The van der Waals surface area contributed by atoms with Gasteiger partial charge in [-0.05, 0) is 27.9 Å². The van der Waals surface area contributed by atoms with Crippen molar-refractivity contribution in [1.29, 1.82) is 0 Å². The van der Waals surface area contributed by atoms with Crippen LogP contribution in [0, 0.1) is 5.92 Å². The monoisotopic (exact) mass is 386 g/mol. The van der Waals surface area contributed by atoms with E-state index in [1.165, 1.54) is 43.0 Å². The van der Waals surface area contributed by atoms with Crippen LogP contribution in [0.25, 0.3) is 0 Å². The molecular formula is C14H15BrN2O4S. The summed E-state index contributed by atoms with van der Waals surface area (Å²) in [6, 6.07) is 1.53. The Morgan fingerprint density at radius 1 is 1.55 bits per heavy atom. The van der Waals surface area contributed by atoms with Gasteiger partial charge in [0.15, 0.2) is 5.12 Å². The highest BCUT2D eigenvalue weighted by atomic mass is 79.9. The van der Waals surface area contributed by atoms with Crippen LogP contribution in [-0.2, 0) is 14.3 Å². The fourth-order valence-electron chi connectivity index (χ4n) is 2.27. The third-order valence-corrected chi connectivity index (χ3v) is 4.75. The highest BCUT2D eigenvalue weighted by molar-refractivity contribution is 9.10. The highest BCUT2D eigenvalue weighted by Gasteiger charge is 2.33. The molecule has 0 radical (unpaired) electrons. The summed E-state index contributed by atoms with van der Waals surface area (Å²) in [7, 11) is 1.29. The summed E-state index contributed by atoms with van der Waals surface area (Å²) in [4.78, 5) is 40.8. The van der Waals surface area contributed by atoms with E-state index in [9.17, 15) is 14.4 Å². The van der Waals surface area contributed by atoms with Crippen LogP contribution in [0.15, 0.2) is 16.9 Å². The molecule has 1 atom stereocenters. The van der Waals surface area contributed by atoms with Crippen LogP contribution in [0.2, 0.25) is 0 Å². The van der Waals surface area contributed by atoms with E-state index in [1.807, 2.05) is 0 Å². The lowest BCUT2D eigenvalue weighted by Crippen LogP contribution is -2.27. The van der Waals surface area contributed by atoms with E-state index in [0.29, 0.717) is 29.0 Å². The van der Waals surface area contributed by atoms with Crippen molar-refractivity contribution in [1.82, 2.24) is 4.98 Å². The fourth-order valence-corrected chi connectivity index (χ4v) is 3.30. The number of halogens is 1. The first kappa shape index (κ1) is 17.0. The van der Waals surface area contributed by atoms with Gasteiger partial charge in [0.25, 0.3) is 0 Å². The lowest BCUT2D eigenvalue weighted by atomic mass is 10.1. The van der Waals surface area contributed by atoms with Crippen molar-refractivity contribution < 1.29 is 19.1 Å². The van der Waals surface area contributed by atoms with Crippen molar-refractivity contribution in [3.63, 3.8) is 0 Å². The maximum atomic E-state index is 12.2. The van der Waals surface area contributed by atoms with E-state index in [1.54, 1.807) is 0 Å². The van der Waals surface area contributed by atoms with Gasteiger partial charge < -0.3 is 9.64 Å². The maximum Gasteiger partial charge on any atom is 0.340 e. The Labute approximate surface area is 140 Å². The lowest BCUT2D eigenvalue weighted by Gasteiger charge is -2.19. The second kappa shape index (κ2) is 7.23. The molecule has 6 nitrogen and oxygen atoms in total. The molecule has 1 aromatic rings. The summed E-state index contributed by atoms with van der Waals surface area (Å²) < 4.78 is 5.25. The standard InChI is InChI=1S/C14H15BrN2O4S/c1-8(18)22-7-9-3-13(19)17(6-9)11-5-16-12(15)4-10(11)14(20)21-2/h4-5,9H,3,6-7H2,1-2H3. The van der Waals surface area contributed by atoms with Crippen LogP contribution in [0.1, 0.15) is 23.7 Å². The number of thioether (sulfide) groups is 1. The van der Waals surface area contributed by atoms with Gasteiger partial charge in [-0.25, -0.2) is 9.78 Å². The highest BCUT2D eigenvalue weighted by Crippen LogP contribution is 2.30. The Bertz CT molecular complexity index is 623. The largest absolute Gasteiger partial charge is 0.465 e. The van der Waals surface area contributed by atoms with Gasteiger partial charge >= 0.3 is 5.97 Å². The second-order valence-corrected chi connectivity index (χ2v) is 6.90. The number of aromatic nitrogens is 1. The number of hydrogen-bond donors (Lipinski definition) is 0. The third kappa shape index (κ3) is 3.86. The van der Waals surface area contributed by atoms with E-state index in [4.69, 9.17) is 4.74 Å². The van der Waals surface area contributed by atoms with Crippen molar-refractivity contribution in [3.8, 4) is 0 Å². The number of anilines is 1. The Kier molecular flexibility index (Phi) is 5.57. The molecule has 1 aromatic heterocycles. The molecule has 1 aliphatic rings. The average Bonchev–Trinajstić information content (AvgIpc) is 2.85. The quantitative estimate of drug-likeness (QED) is 0.583. The van der Waals surface area contributed by atoms with Gasteiger partial charge in [-0.15, -0.1) is 0 Å². The van der Waals surface area contributed by atoms with Crippen molar-refractivity contribution >= 4 is 50.4 Å². The van der Waals surface area contributed by atoms with Gasteiger partial charge in [0.1, 0.15) is 4.60 Å². The third-order valence-electron chi connectivity index (χ3n) is 3.27. The van der Waals surface area contributed by atoms with Gasteiger partial charge in [0, 0.05) is 25.6 Å². The van der Waals surface area contributed by atoms with Crippen molar-refractivity contribution in [3.05, 3.63) is 22.4 Å². The molecule has 1 aliphatic heterocycles. The molecule has 0 aromatic carbocycles. The number of amides is 1. The summed E-state index contributed by atoms with van der Waals surface area (Å²) >= 11 is 4.42. The molecule has 8 heteroatoms. The molecule has 1 saturated heterocycles. The van der Waals surface area contributed by atoms with Gasteiger partial charge in [-0.1, -0.05) is 11.8 Å².